The topological polar surface area (TPSA) is 42.7 Å². The molecular formula is C12H22N4. The van der Waals surface area contributed by atoms with Gasteiger partial charge in [-0.1, -0.05) is 6.92 Å². The molecule has 0 aromatic carbocycles. The van der Waals surface area contributed by atoms with E-state index in [2.05, 4.69) is 29.4 Å². The molecule has 3 atom stereocenters. The third kappa shape index (κ3) is 2.43. The predicted molar refractivity (Wildman–Crippen MR) is 64.1 cm³/mol. The van der Waals surface area contributed by atoms with Crippen molar-refractivity contribution in [2.75, 3.05) is 7.05 Å². The second-order valence-electron chi connectivity index (χ2n) is 5.08. The van der Waals surface area contributed by atoms with Gasteiger partial charge in [0.25, 0.3) is 0 Å². The average molecular weight is 222 g/mol. The molecule has 1 N–H and O–H groups in total. The number of nitrogens with zero attached hydrogens (tertiary/aromatic N) is 3. The van der Waals surface area contributed by atoms with Crippen LogP contribution < -0.4 is 5.32 Å². The number of hydrogen-bond acceptors (Lipinski definition) is 3. The van der Waals surface area contributed by atoms with E-state index in [9.17, 15) is 0 Å². The Hall–Kier alpha value is -0.900. The normalized spacial score (nSPS) is 30.6. The van der Waals surface area contributed by atoms with Gasteiger partial charge in [0, 0.05) is 19.5 Å². The van der Waals surface area contributed by atoms with E-state index in [1.807, 2.05) is 11.7 Å². The fourth-order valence-corrected chi connectivity index (χ4v) is 2.84. The number of aryl methyl sites for hydroxylation is 1. The lowest BCUT2D eigenvalue weighted by atomic mass is 9.77. The van der Waals surface area contributed by atoms with Crippen LogP contribution in [0.15, 0.2) is 6.33 Å². The van der Waals surface area contributed by atoms with Crippen LogP contribution in [0.25, 0.3) is 0 Å². The monoisotopic (exact) mass is 222 g/mol. The van der Waals surface area contributed by atoms with Crippen molar-refractivity contribution >= 4 is 0 Å². The van der Waals surface area contributed by atoms with Gasteiger partial charge in [0.1, 0.15) is 12.2 Å². The summed E-state index contributed by atoms with van der Waals surface area (Å²) in [6.07, 6.45) is 6.64. The minimum Gasteiger partial charge on any atom is -0.317 e. The van der Waals surface area contributed by atoms with Crippen LogP contribution in [-0.4, -0.2) is 27.9 Å². The van der Waals surface area contributed by atoms with Crippen LogP contribution >= 0.6 is 0 Å². The molecule has 4 heteroatoms. The molecule has 0 saturated heterocycles. The Kier molecular flexibility index (Phi) is 3.59. The molecule has 1 aliphatic carbocycles. The Balaban J connectivity index is 2.03. The van der Waals surface area contributed by atoms with Crippen LogP contribution in [0, 0.1) is 11.8 Å². The Labute approximate surface area is 97.5 Å². The SMILES string of the molecule is CNC1CCC(C)CC1Cc1ncnn1C. The zero-order valence-electron chi connectivity index (χ0n) is 10.5. The van der Waals surface area contributed by atoms with Gasteiger partial charge in [-0.25, -0.2) is 4.98 Å². The third-order valence-corrected chi connectivity index (χ3v) is 3.87. The van der Waals surface area contributed by atoms with Gasteiger partial charge >= 0.3 is 0 Å². The Morgan fingerprint density at radius 2 is 2.31 bits per heavy atom. The molecule has 0 spiro atoms. The second-order valence-corrected chi connectivity index (χ2v) is 5.08. The Morgan fingerprint density at radius 1 is 1.50 bits per heavy atom. The highest BCUT2D eigenvalue weighted by atomic mass is 15.3. The van der Waals surface area contributed by atoms with Crippen molar-refractivity contribution in [3.05, 3.63) is 12.2 Å². The lowest BCUT2D eigenvalue weighted by Crippen LogP contribution is -2.39. The lowest BCUT2D eigenvalue weighted by Gasteiger charge is -2.34. The van der Waals surface area contributed by atoms with Crippen LogP contribution in [0.5, 0.6) is 0 Å². The van der Waals surface area contributed by atoms with E-state index in [1.165, 1.54) is 19.3 Å². The summed E-state index contributed by atoms with van der Waals surface area (Å²) in [4.78, 5) is 4.33. The van der Waals surface area contributed by atoms with Crippen molar-refractivity contribution in [3.63, 3.8) is 0 Å². The zero-order chi connectivity index (χ0) is 11.5. The second kappa shape index (κ2) is 4.95. The molecule has 90 valence electrons. The first-order valence-corrected chi connectivity index (χ1v) is 6.20. The highest BCUT2D eigenvalue weighted by molar-refractivity contribution is 4.92. The number of rotatable bonds is 3. The maximum absolute atomic E-state index is 4.33. The average Bonchev–Trinajstić information content (AvgIpc) is 2.65. The van der Waals surface area contributed by atoms with E-state index in [-0.39, 0.29) is 0 Å². The van der Waals surface area contributed by atoms with Gasteiger partial charge in [-0.05, 0) is 38.1 Å². The molecule has 16 heavy (non-hydrogen) atoms. The molecule has 1 aromatic rings. The van der Waals surface area contributed by atoms with Crippen molar-refractivity contribution in [2.45, 2.75) is 38.6 Å². The summed E-state index contributed by atoms with van der Waals surface area (Å²) in [7, 11) is 4.05. The van der Waals surface area contributed by atoms with Crippen LogP contribution in [0.3, 0.4) is 0 Å². The first-order valence-electron chi connectivity index (χ1n) is 6.20. The Morgan fingerprint density at radius 3 is 2.94 bits per heavy atom. The summed E-state index contributed by atoms with van der Waals surface area (Å²) in [5.41, 5.74) is 0. The van der Waals surface area contributed by atoms with Crippen LogP contribution in [0.2, 0.25) is 0 Å². The predicted octanol–water partition coefficient (Wildman–Crippen LogP) is 1.38. The van der Waals surface area contributed by atoms with Gasteiger partial charge in [-0.15, -0.1) is 0 Å². The number of hydrogen-bond donors (Lipinski definition) is 1. The molecule has 1 heterocycles. The third-order valence-electron chi connectivity index (χ3n) is 3.87. The summed E-state index contributed by atoms with van der Waals surface area (Å²) >= 11 is 0. The molecule has 4 nitrogen and oxygen atoms in total. The molecule has 0 bridgehead atoms. The van der Waals surface area contributed by atoms with E-state index in [1.54, 1.807) is 6.33 Å². The molecule has 1 aromatic heterocycles. The van der Waals surface area contributed by atoms with Gasteiger partial charge in [0.05, 0.1) is 0 Å². The van der Waals surface area contributed by atoms with Crippen molar-refractivity contribution in [2.24, 2.45) is 18.9 Å². The molecule has 1 saturated carbocycles. The standard InChI is InChI=1S/C12H22N4/c1-9-4-5-11(13-2)10(6-9)7-12-14-8-15-16(12)3/h8-11,13H,4-7H2,1-3H3. The number of aromatic nitrogens is 3. The van der Waals surface area contributed by atoms with Crippen molar-refractivity contribution in [1.82, 2.24) is 20.1 Å². The summed E-state index contributed by atoms with van der Waals surface area (Å²) in [5.74, 6) is 2.67. The summed E-state index contributed by atoms with van der Waals surface area (Å²) < 4.78 is 1.89. The molecule has 1 fully saturated rings. The van der Waals surface area contributed by atoms with Crippen LogP contribution in [-0.2, 0) is 13.5 Å². The van der Waals surface area contributed by atoms with E-state index in [0.29, 0.717) is 12.0 Å². The molecule has 1 aliphatic rings. The van der Waals surface area contributed by atoms with E-state index in [0.717, 1.165) is 18.2 Å². The molecule has 3 unspecified atom stereocenters. The van der Waals surface area contributed by atoms with Crippen molar-refractivity contribution in [3.8, 4) is 0 Å². The number of nitrogens with one attached hydrogen (secondary N) is 1. The smallest absolute Gasteiger partial charge is 0.138 e. The first-order chi connectivity index (χ1) is 7.70. The van der Waals surface area contributed by atoms with Crippen LogP contribution in [0.4, 0.5) is 0 Å². The van der Waals surface area contributed by atoms with Gasteiger partial charge in [0.2, 0.25) is 0 Å². The summed E-state index contributed by atoms with van der Waals surface area (Å²) in [6.45, 7) is 2.36. The molecule has 0 aliphatic heterocycles. The van der Waals surface area contributed by atoms with Gasteiger partial charge in [-0.3, -0.25) is 4.68 Å². The fourth-order valence-electron chi connectivity index (χ4n) is 2.84. The van der Waals surface area contributed by atoms with Gasteiger partial charge in [0.15, 0.2) is 0 Å². The summed E-state index contributed by atoms with van der Waals surface area (Å²) in [6, 6.07) is 0.646. The maximum atomic E-state index is 4.33. The fraction of sp³-hybridized carbons (Fsp3) is 0.833. The highest BCUT2D eigenvalue weighted by Crippen LogP contribution is 2.30. The molecule has 0 radical (unpaired) electrons. The zero-order valence-corrected chi connectivity index (χ0v) is 10.5. The minimum absolute atomic E-state index is 0.646. The van der Waals surface area contributed by atoms with Gasteiger partial charge in [-0.2, -0.15) is 5.10 Å². The maximum Gasteiger partial charge on any atom is 0.138 e. The van der Waals surface area contributed by atoms with E-state index in [4.69, 9.17) is 0 Å². The highest BCUT2D eigenvalue weighted by Gasteiger charge is 2.28. The van der Waals surface area contributed by atoms with Gasteiger partial charge < -0.3 is 5.32 Å². The molecule has 0 amide bonds. The van der Waals surface area contributed by atoms with Crippen molar-refractivity contribution in [1.29, 1.82) is 0 Å². The Bertz CT molecular complexity index is 334. The van der Waals surface area contributed by atoms with E-state index < -0.39 is 0 Å². The largest absolute Gasteiger partial charge is 0.317 e. The molecule has 2 rings (SSSR count). The lowest BCUT2D eigenvalue weighted by molar-refractivity contribution is 0.216. The van der Waals surface area contributed by atoms with E-state index >= 15 is 0 Å². The quantitative estimate of drug-likeness (QED) is 0.840. The minimum atomic E-state index is 0.646. The van der Waals surface area contributed by atoms with Crippen molar-refractivity contribution < 1.29 is 0 Å². The van der Waals surface area contributed by atoms with Crippen LogP contribution in [0.1, 0.15) is 32.0 Å². The molecular weight excluding hydrogens is 200 g/mol. The first kappa shape index (κ1) is 11.6. The summed E-state index contributed by atoms with van der Waals surface area (Å²) in [5, 5.41) is 7.59.